The first kappa shape index (κ1) is 52.1. The molecule has 0 aliphatic carbocycles. The minimum Gasteiger partial charge on any atom is -0.457 e. The molecule has 0 saturated heterocycles. The van der Waals surface area contributed by atoms with Crippen molar-refractivity contribution >= 4 is 52.0 Å². The van der Waals surface area contributed by atoms with Crippen LogP contribution in [0.4, 0.5) is 5.69 Å². The maximum Gasteiger partial charge on any atom is 0.251 e. The Bertz CT molecular complexity index is 2210. The number of ether oxygens (including phenoxy) is 1. The number of amides is 6. The van der Waals surface area contributed by atoms with E-state index in [4.69, 9.17) is 4.74 Å². The lowest BCUT2D eigenvalue weighted by Crippen LogP contribution is -2.56. The van der Waals surface area contributed by atoms with Gasteiger partial charge in [-0.05, 0) is 111 Å². The Kier molecular flexibility index (Phi) is 20.9. The van der Waals surface area contributed by atoms with E-state index in [1.165, 1.54) is 0 Å². The molecular formula is C51H70N8O7. The molecule has 66 heavy (non-hydrogen) atoms. The van der Waals surface area contributed by atoms with Crippen molar-refractivity contribution in [3.8, 4) is 11.5 Å². The van der Waals surface area contributed by atoms with E-state index < -0.39 is 47.8 Å². The van der Waals surface area contributed by atoms with Gasteiger partial charge in [0.15, 0.2) is 0 Å². The van der Waals surface area contributed by atoms with Gasteiger partial charge in [-0.3, -0.25) is 33.8 Å². The lowest BCUT2D eigenvalue weighted by Gasteiger charge is -2.27. The molecule has 5 atom stereocenters. The highest BCUT2D eigenvalue weighted by Gasteiger charge is 2.31. The van der Waals surface area contributed by atoms with Crippen LogP contribution < -0.4 is 42.0 Å². The summed E-state index contributed by atoms with van der Waals surface area (Å²) in [5, 5.41) is 21.5. The van der Waals surface area contributed by atoms with Gasteiger partial charge in [0.05, 0.1) is 11.2 Å². The molecule has 0 aliphatic heterocycles. The van der Waals surface area contributed by atoms with E-state index in [2.05, 4.69) is 42.2 Å². The summed E-state index contributed by atoms with van der Waals surface area (Å²) in [6.45, 7) is 16.9. The fourth-order valence-electron chi connectivity index (χ4n) is 7.13. The molecule has 6 amide bonds. The SMILES string of the molecule is CCCCNC(=O)[C@H](CC(C)C)NC(=O)[C@@H](NC(=O)c1ccc(Oc2ccc(C(=O)N[C@@H](CC(C)C)C(=O)N[C@@H](C)C(=O)NCCCNc3cccc4cccnc34)cc2)cc1)C(C)CC. The number of aromatic nitrogens is 1. The van der Waals surface area contributed by atoms with Crippen molar-refractivity contribution in [2.75, 3.05) is 25.0 Å². The molecule has 0 bridgehead atoms. The Balaban J connectivity index is 1.27. The minimum atomic E-state index is -0.878. The van der Waals surface area contributed by atoms with Crippen LogP contribution in [0.5, 0.6) is 11.5 Å². The average molecular weight is 907 g/mol. The molecule has 7 N–H and O–H groups in total. The number of hydrogen-bond donors (Lipinski definition) is 7. The molecular weight excluding hydrogens is 837 g/mol. The number of carbonyl (C=O) groups excluding carboxylic acids is 6. The summed E-state index contributed by atoms with van der Waals surface area (Å²) in [5.41, 5.74) is 2.43. The number of nitrogens with one attached hydrogen (secondary N) is 7. The van der Waals surface area contributed by atoms with Gasteiger partial charge >= 0.3 is 0 Å². The van der Waals surface area contributed by atoms with Crippen molar-refractivity contribution in [1.82, 2.24) is 36.9 Å². The number of para-hydroxylation sites is 1. The van der Waals surface area contributed by atoms with Crippen LogP contribution in [-0.2, 0) is 19.2 Å². The highest BCUT2D eigenvalue weighted by Crippen LogP contribution is 2.23. The van der Waals surface area contributed by atoms with Gasteiger partial charge in [0.25, 0.3) is 11.8 Å². The highest BCUT2D eigenvalue weighted by atomic mass is 16.5. The first-order chi connectivity index (χ1) is 31.6. The van der Waals surface area contributed by atoms with Crippen LogP contribution in [0.25, 0.3) is 10.9 Å². The summed E-state index contributed by atoms with van der Waals surface area (Å²) in [5.74, 6) is -1.42. The minimum absolute atomic E-state index is 0.0747. The average Bonchev–Trinajstić information content (AvgIpc) is 3.29. The van der Waals surface area contributed by atoms with Crippen LogP contribution in [0.2, 0.25) is 0 Å². The van der Waals surface area contributed by atoms with Crippen LogP contribution in [-0.4, -0.2) is 84.2 Å². The second-order valence-electron chi connectivity index (χ2n) is 17.7. The molecule has 1 heterocycles. The van der Waals surface area contributed by atoms with Gasteiger partial charge in [0.2, 0.25) is 23.6 Å². The molecule has 4 rings (SSSR count). The Morgan fingerprint density at radius 3 is 1.73 bits per heavy atom. The fraction of sp³-hybridized carbons (Fsp3) is 0.471. The molecule has 0 spiro atoms. The third-order valence-electron chi connectivity index (χ3n) is 11.1. The summed E-state index contributed by atoms with van der Waals surface area (Å²) in [6, 6.07) is 19.4. The lowest BCUT2D eigenvalue weighted by atomic mass is 9.96. The molecule has 0 saturated carbocycles. The summed E-state index contributed by atoms with van der Waals surface area (Å²) in [4.78, 5) is 84.0. The van der Waals surface area contributed by atoms with Crippen LogP contribution in [0.1, 0.15) is 115 Å². The van der Waals surface area contributed by atoms with E-state index in [0.717, 1.165) is 29.4 Å². The van der Waals surface area contributed by atoms with E-state index in [-0.39, 0.29) is 29.6 Å². The largest absolute Gasteiger partial charge is 0.457 e. The molecule has 15 heteroatoms. The van der Waals surface area contributed by atoms with Crippen LogP contribution in [0.3, 0.4) is 0 Å². The number of fused-ring (bicyclic) bond motifs is 1. The summed E-state index contributed by atoms with van der Waals surface area (Å²) in [6.07, 6.45) is 5.64. The van der Waals surface area contributed by atoms with Gasteiger partial charge in [0.1, 0.15) is 35.7 Å². The van der Waals surface area contributed by atoms with E-state index in [9.17, 15) is 28.8 Å². The fourth-order valence-corrected chi connectivity index (χ4v) is 7.13. The zero-order chi connectivity index (χ0) is 48.2. The summed E-state index contributed by atoms with van der Waals surface area (Å²) in [7, 11) is 0. The number of pyridine rings is 1. The molecule has 0 fully saturated rings. The number of carbonyl (C=O) groups is 6. The number of nitrogens with zero attached hydrogens (tertiary/aromatic N) is 1. The van der Waals surface area contributed by atoms with Crippen molar-refractivity contribution < 1.29 is 33.5 Å². The van der Waals surface area contributed by atoms with Gasteiger partial charge < -0.3 is 42.0 Å². The Morgan fingerprint density at radius 2 is 1.14 bits per heavy atom. The van der Waals surface area contributed by atoms with Gasteiger partial charge in [-0.2, -0.15) is 0 Å². The van der Waals surface area contributed by atoms with Crippen molar-refractivity contribution in [1.29, 1.82) is 0 Å². The number of rotatable bonds is 26. The quantitative estimate of drug-likeness (QED) is 0.0327. The predicted octanol–water partition coefficient (Wildman–Crippen LogP) is 6.89. The smallest absolute Gasteiger partial charge is 0.251 e. The van der Waals surface area contributed by atoms with Gasteiger partial charge in [0, 0.05) is 42.3 Å². The molecule has 1 unspecified atom stereocenters. The molecule has 4 aromatic rings. The van der Waals surface area contributed by atoms with Crippen LogP contribution >= 0.6 is 0 Å². The zero-order valence-electron chi connectivity index (χ0n) is 39.8. The molecule has 3 aromatic carbocycles. The third kappa shape index (κ3) is 16.5. The Hall–Kier alpha value is -6.51. The topological polar surface area (TPSA) is 209 Å². The van der Waals surface area contributed by atoms with E-state index in [1.54, 1.807) is 61.7 Å². The Morgan fingerprint density at radius 1 is 0.576 bits per heavy atom. The molecule has 15 nitrogen and oxygen atoms in total. The maximum atomic E-state index is 13.6. The maximum absolute atomic E-state index is 13.6. The highest BCUT2D eigenvalue weighted by molar-refractivity contribution is 5.99. The van der Waals surface area contributed by atoms with Crippen molar-refractivity contribution in [2.45, 2.75) is 118 Å². The van der Waals surface area contributed by atoms with E-state index >= 15 is 0 Å². The van der Waals surface area contributed by atoms with Crippen molar-refractivity contribution in [3.63, 3.8) is 0 Å². The van der Waals surface area contributed by atoms with E-state index in [0.29, 0.717) is 67.9 Å². The third-order valence-corrected chi connectivity index (χ3v) is 11.1. The Labute approximate surface area is 389 Å². The summed E-state index contributed by atoms with van der Waals surface area (Å²) < 4.78 is 6.00. The predicted molar refractivity (Wildman–Crippen MR) is 259 cm³/mol. The molecule has 1 aromatic heterocycles. The first-order valence-corrected chi connectivity index (χ1v) is 23.3. The van der Waals surface area contributed by atoms with E-state index in [1.807, 2.05) is 78.8 Å². The molecule has 0 radical (unpaired) electrons. The second-order valence-corrected chi connectivity index (χ2v) is 17.7. The molecule has 0 aliphatic rings. The number of unbranched alkanes of at least 4 members (excludes halogenated alkanes) is 1. The second kappa shape index (κ2) is 26.5. The standard InChI is InChI=1S/C51H70N8O7/c1-9-11-26-55-49(63)42(30-32(3)4)58-51(65)44(34(7)10-2)59-48(62)38-20-24-40(25-21-38)66-39-22-18-37(19-23-39)47(61)57-43(31-33(5)6)50(64)56-35(8)46(60)54-29-14-28-52-41-17-12-15-36-16-13-27-53-45(36)41/h12-13,15-25,27,32-35,42-44,52H,9-11,14,26,28-31H2,1-8H3,(H,54,60)(H,55,63)(H,56,64)(H,57,61)(H,58,65)(H,59,62)/t34?,35-,42-,43-,44-/m0/s1. The normalized spacial score (nSPS) is 13.4. The summed E-state index contributed by atoms with van der Waals surface area (Å²) >= 11 is 0. The van der Waals surface area contributed by atoms with Gasteiger partial charge in [-0.25, -0.2) is 0 Å². The van der Waals surface area contributed by atoms with Crippen molar-refractivity contribution in [3.05, 3.63) is 96.2 Å². The van der Waals surface area contributed by atoms with Crippen molar-refractivity contribution in [2.24, 2.45) is 17.8 Å². The lowest BCUT2D eigenvalue weighted by molar-refractivity contribution is -0.131. The number of hydrogen-bond acceptors (Lipinski definition) is 9. The van der Waals surface area contributed by atoms with Gasteiger partial charge in [-0.15, -0.1) is 0 Å². The zero-order valence-corrected chi connectivity index (χ0v) is 39.8. The van der Waals surface area contributed by atoms with Crippen LogP contribution in [0, 0.1) is 17.8 Å². The molecule has 356 valence electrons. The van der Waals surface area contributed by atoms with Gasteiger partial charge in [-0.1, -0.05) is 79.5 Å². The number of anilines is 1. The van der Waals surface area contributed by atoms with Crippen LogP contribution in [0.15, 0.2) is 85.1 Å². The first-order valence-electron chi connectivity index (χ1n) is 23.3. The monoisotopic (exact) mass is 907 g/mol. The number of benzene rings is 3.